The highest BCUT2D eigenvalue weighted by atomic mass is 32.2. The van der Waals surface area contributed by atoms with E-state index >= 15 is 0 Å². The Balaban J connectivity index is 1.32. The van der Waals surface area contributed by atoms with Crippen LogP contribution in [0, 0.1) is 5.41 Å². The first-order chi connectivity index (χ1) is 16.3. The molecule has 0 radical (unpaired) electrons. The van der Waals surface area contributed by atoms with E-state index in [0.29, 0.717) is 30.0 Å². The first kappa shape index (κ1) is 23.3. The van der Waals surface area contributed by atoms with Gasteiger partial charge in [-0.3, -0.25) is 15.0 Å². The van der Waals surface area contributed by atoms with E-state index < -0.39 is 23.0 Å². The standard InChI is InChI=1S/C23H22N4O6S/c1-13(2-3-14-4-9-17-18(10-14)33-12-32-17)26-27-20(28)11-19(34-23(27)24)21(29)25-16-7-5-15(6-8-16)22(30)31/h4-10,19,24H,2-3,11-12H2,1H3,(H,25,29)(H,30,31)/b24-23?,26-13-/t19-/m1/s1. The van der Waals surface area contributed by atoms with Gasteiger partial charge in [-0.05, 0) is 61.7 Å². The molecular formula is C23H22N4O6S. The second-order valence-corrected chi connectivity index (χ2v) is 8.91. The van der Waals surface area contributed by atoms with Crippen LogP contribution >= 0.6 is 11.8 Å². The molecule has 2 aromatic rings. The summed E-state index contributed by atoms with van der Waals surface area (Å²) in [4.78, 5) is 36.1. The smallest absolute Gasteiger partial charge is 0.335 e. The minimum absolute atomic E-state index is 0.101. The van der Waals surface area contributed by atoms with Crippen molar-refractivity contribution in [2.45, 2.75) is 31.4 Å². The Labute approximate surface area is 199 Å². The summed E-state index contributed by atoms with van der Waals surface area (Å²) >= 11 is 0.948. The molecule has 10 nitrogen and oxygen atoms in total. The maximum Gasteiger partial charge on any atom is 0.335 e. The number of hydrogen-bond donors (Lipinski definition) is 3. The molecule has 0 spiro atoms. The predicted molar refractivity (Wildman–Crippen MR) is 127 cm³/mol. The number of anilines is 1. The molecule has 3 N–H and O–H groups in total. The zero-order valence-electron chi connectivity index (χ0n) is 18.2. The number of ether oxygens (including phenoxy) is 2. The largest absolute Gasteiger partial charge is 0.478 e. The molecule has 2 aromatic carbocycles. The summed E-state index contributed by atoms with van der Waals surface area (Å²) in [6.07, 6.45) is 1.16. The summed E-state index contributed by atoms with van der Waals surface area (Å²) < 4.78 is 10.7. The van der Waals surface area contributed by atoms with Gasteiger partial charge in [-0.25, -0.2) is 4.79 Å². The second kappa shape index (κ2) is 9.96. The van der Waals surface area contributed by atoms with Gasteiger partial charge in [0, 0.05) is 11.4 Å². The lowest BCUT2D eigenvalue weighted by molar-refractivity contribution is -0.129. The number of fused-ring (bicyclic) bond motifs is 1. The molecule has 1 saturated heterocycles. The minimum Gasteiger partial charge on any atom is -0.478 e. The fourth-order valence-electron chi connectivity index (χ4n) is 3.39. The average Bonchev–Trinajstić information content (AvgIpc) is 3.28. The van der Waals surface area contributed by atoms with Gasteiger partial charge in [-0.2, -0.15) is 10.1 Å². The van der Waals surface area contributed by atoms with Crippen LogP contribution in [0.4, 0.5) is 5.69 Å². The Morgan fingerprint density at radius 1 is 1.21 bits per heavy atom. The normalized spacial score (nSPS) is 17.6. The molecule has 34 heavy (non-hydrogen) atoms. The van der Waals surface area contributed by atoms with E-state index in [1.165, 1.54) is 24.3 Å². The van der Waals surface area contributed by atoms with Crippen molar-refractivity contribution in [3.05, 3.63) is 53.6 Å². The van der Waals surface area contributed by atoms with E-state index in [-0.39, 0.29) is 23.9 Å². The van der Waals surface area contributed by atoms with Crippen LogP contribution in [0.15, 0.2) is 47.6 Å². The Morgan fingerprint density at radius 3 is 2.65 bits per heavy atom. The second-order valence-electron chi connectivity index (χ2n) is 7.72. The maximum atomic E-state index is 12.6. The number of thioether (sulfide) groups is 1. The van der Waals surface area contributed by atoms with Crippen LogP contribution < -0.4 is 14.8 Å². The highest BCUT2D eigenvalue weighted by Crippen LogP contribution is 2.33. The van der Waals surface area contributed by atoms with Crippen LogP contribution in [0.2, 0.25) is 0 Å². The molecule has 1 atom stereocenters. The zero-order valence-corrected chi connectivity index (χ0v) is 19.1. The number of nitrogens with one attached hydrogen (secondary N) is 2. The number of hydrazone groups is 1. The molecular weight excluding hydrogens is 460 g/mol. The van der Waals surface area contributed by atoms with E-state index in [1.807, 2.05) is 18.2 Å². The van der Waals surface area contributed by atoms with Crippen molar-refractivity contribution in [1.29, 1.82) is 5.41 Å². The van der Waals surface area contributed by atoms with E-state index in [1.54, 1.807) is 6.92 Å². The van der Waals surface area contributed by atoms with Gasteiger partial charge in [0.05, 0.1) is 12.0 Å². The SMILES string of the molecule is C/C(CCc1ccc2c(c1)OCO2)=N/N1C(=N)S[C@@H](C(=O)Nc2ccc(C(=O)O)cc2)CC1=O. The molecule has 11 heteroatoms. The molecule has 2 amide bonds. The van der Waals surface area contributed by atoms with Crippen LogP contribution in [-0.2, 0) is 16.0 Å². The van der Waals surface area contributed by atoms with Crippen molar-refractivity contribution in [3.63, 3.8) is 0 Å². The quantitative estimate of drug-likeness (QED) is 0.514. The number of amidine groups is 1. The summed E-state index contributed by atoms with van der Waals surface area (Å²) in [6, 6.07) is 11.4. The number of amides is 2. The summed E-state index contributed by atoms with van der Waals surface area (Å²) in [7, 11) is 0. The molecule has 0 aromatic heterocycles. The lowest BCUT2D eigenvalue weighted by Crippen LogP contribution is -2.42. The number of carboxylic acid groups (broad SMARTS) is 1. The molecule has 4 rings (SSSR count). The van der Waals surface area contributed by atoms with Gasteiger partial charge in [0.25, 0.3) is 5.91 Å². The number of carboxylic acids is 1. The Morgan fingerprint density at radius 2 is 1.94 bits per heavy atom. The van der Waals surface area contributed by atoms with Crippen molar-refractivity contribution in [3.8, 4) is 11.5 Å². The van der Waals surface area contributed by atoms with E-state index in [9.17, 15) is 14.4 Å². The molecule has 2 heterocycles. The maximum absolute atomic E-state index is 12.6. The summed E-state index contributed by atoms with van der Waals surface area (Å²) in [5, 5.41) is 24.3. The van der Waals surface area contributed by atoms with Gasteiger partial charge in [-0.15, -0.1) is 0 Å². The average molecular weight is 483 g/mol. The molecule has 2 aliphatic heterocycles. The number of aryl methyl sites for hydroxylation is 1. The van der Waals surface area contributed by atoms with Gasteiger partial charge in [0.15, 0.2) is 16.7 Å². The number of carbonyl (C=O) groups excluding carboxylic acids is 2. The van der Waals surface area contributed by atoms with Crippen LogP contribution in [-0.4, -0.2) is 50.8 Å². The number of aromatic carboxylic acids is 1. The fraction of sp³-hybridized carbons (Fsp3) is 0.261. The van der Waals surface area contributed by atoms with Crippen molar-refractivity contribution >= 4 is 46.1 Å². The van der Waals surface area contributed by atoms with Crippen LogP contribution in [0.25, 0.3) is 0 Å². The third-order valence-electron chi connectivity index (χ3n) is 5.22. The molecule has 0 aliphatic carbocycles. The van der Waals surface area contributed by atoms with E-state index in [0.717, 1.165) is 28.1 Å². The third kappa shape index (κ3) is 5.37. The lowest BCUT2D eigenvalue weighted by atomic mass is 10.1. The zero-order chi connectivity index (χ0) is 24.2. The Hall–Kier alpha value is -3.86. The molecule has 1 fully saturated rings. The van der Waals surface area contributed by atoms with Crippen molar-refractivity contribution in [2.75, 3.05) is 12.1 Å². The van der Waals surface area contributed by atoms with Crippen LogP contribution in [0.3, 0.4) is 0 Å². The van der Waals surface area contributed by atoms with E-state index in [4.69, 9.17) is 20.0 Å². The van der Waals surface area contributed by atoms with Crippen molar-refractivity contribution in [1.82, 2.24) is 5.01 Å². The topological polar surface area (TPSA) is 141 Å². The summed E-state index contributed by atoms with van der Waals surface area (Å²) in [5.74, 6) is -0.513. The Kier molecular flexibility index (Phi) is 6.82. The van der Waals surface area contributed by atoms with Gasteiger partial charge < -0.3 is 19.9 Å². The number of benzene rings is 2. The summed E-state index contributed by atoms with van der Waals surface area (Å²) in [6.45, 7) is 2.00. The fourth-order valence-corrected chi connectivity index (χ4v) is 4.30. The van der Waals surface area contributed by atoms with E-state index in [2.05, 4.69) is 10.4 Å². The third-order valence-corrected chi connectivity index (χ3v) is 6.28. The van der Waals surface area contributed by atoms with Crippen molar-refractivity contribution < 1.29 is 29.0 Å². The number of hydrogen-bond acceptors (Lipinski definition) is 8. The number of rotatable bonds is 7. The first-order valence-corrected chi connectivity index (χ1v) is 11.3. The minimum atomic E-state index is -1.06. The lowest BCUT2D eigenvalue weighted by Gasteiger charge is -2.27. The van der Waals surface area contributed by atoms with Crippen LogP contribution in [0.1, 0.15) is 35.7 Å². The highest BCUT2D eigenvalue weighted by molar-refractivity contribution is 8.14. The van der Waals surface area contributed by atoms with Crippen LogP contribution in [0.5, 0.6) is 11.5 Å². The molecule has 0 saturated carbocycles. The van der Waals surface area contributed by atoms with Gasteiger partial charge in [0.1, 0.15) is 5.25 Å². The summed E-state index contributed by atoms with van der Waals surface area (Å²) in [5.41, 5.74) is 2.23. The van der Waals surface area contributed by atoms with Gasteiger partial charge >= 0.3 is 5.97 Å². The van der Waals surface area contributed by atoms with Gasteiger partial charge in [-0.1, -0.05) is 17.8 Å². The monoisotopic (exact) mass is 482 g/mol. The highest BCUT2D eigenvalue weighted by Gasteiger charge is 2.35. The predicted octanol–water partition coefficient (Wildman–Crippen LogP) is 3.33. The number of carbonyl (C=O) groups is 3. The molecule has 0 bridgehead atoms. The Bertz CT molecular complexity index is 1160. The first-order valence-electron chi connectivity index (χ1n) is 10.4. The van der Waals surface area contributed by atoms with Crippen molar-refractivity contribution in [2.24, 2.45) is 5.10 Å². The molecule has 176 valence electrons. The van der Waals surface area contributed by atoms with Gasteiger partial charge in [0.2, 0.25) is 12.7 Å². The molecule has 2 aliphatic rings. The molecule has 0 unspecified atom stereocenters. The number of nitrogens with zero attached hydrogens (tertiary/aromatic N) is 2.